The van der Waals surface area contributed by atoms with Crippen molar-refractivity contribution in [2.75, 3.05) is 20.3 Å². The standard InChI is InChI=1S/C22H24N2O3S/c1-15-10-16(2)12-20(11-15)27-13-21(25)23-9-8-18-14-28-22(24-18)17-4-6-19(26-3)7-5-17/h4-7,10-12,14H,8-9,13H2,1-3H3,(H,23,25). The summed E-state index contributed by atoms with van der Waals surface area (Å²) in [5.74, 6) is 1.41. The predicted molar refractivity (Wildman–Crippen MR) is 112 cm³/mol. The van der Waals surface area contributed by atoms with Crippen molar-refractivity contribution < 1.29 is 14.3 Å². The smallest absolute Gasteiger partial charge is 0.257 e. The zero-order valence-corrected chi connectivity index (χ0v) is 17.1. The summed E-state index contributed by atoms with van der Waals surface area (Å²) in [6, 6.07) is 13.8. The second kappa shape index (κ2) is 9.37. The van der Waals surface area contributed by atoms with Gasteiger partial charge in [-0.15, -0.1) is 11.3 Å². The number of carbonyl (C=O) groups excluding carboxylic acids is 1. The molecule has 0 aliphatic rings. The van der Waals surface area contributed by atoms with Crippen LogP contribution in [0.3, 0.4) is 0 Å². The minimum absolute atomic E-state index is 0.0110. The van der Waals surface area contributed by atoms with Crippen LogP contribution in [0.15, 0.2) is 47.8 Å². The lowest BCUT2D eigenvalue weighted by Crippen LogP contribution is -2.30. The number of methoxy groups -OCH3 is 1. The third-order valence-corrected chi connectivity index (χ3v) is 5.10. The van der Waals surface area contributed by atoms with E-state index in [1.54, 1.807) is 18.4 Å². The number of aromatic nitrogens is 1. The van der Waals surface area contributed by atoms with Crippen LogP contribution in [-0.4, -0.2) is 31.2 Å². The molecular weight excluding hydrogens is 372 g/mol. The van der Waals surface area contributed by atoms with Crippen LogP contribution in [0.2, 0.25) is 0 Å². The molecule has 0 radical (unpaired) electrons. The zero-order valence-electron chi connectivity index (χ0n) is 16.3. The minimum Gasteiger partial charge on any atom is -0.497 e. The maximum atomic E-state index is 12.0. The van der Waals surface area contributed by atoms with Crippen LogP contribution in [0.1, 0.15) is 16.8 Å². The van der Waals surface area contributed by atoms with Crippen molar-refractivity contribution in [3.05, 3.63) is 64.7 Å². The minimum atomic E-state index is -0.134. The fraction of sp³-hybridized carbons (Fsp3) is 0.273. The van der Waals surface area contributed by atoms with Crippen LogP contribution >= 0.6 is 11.3 Å². The van der Waals surface area contributed by atoms with Gasteiger partial charge >= 0.3 is 0 Å². The highest BCUT2D eigenvalue weighted by atomic mass is 32.1. The Hall–Kier alpha value is -2.86. The van der Waals surface area contributed by atoms with Gasteiger partial charge in [0, 0.05) is 23.9 Å². The number of carbonyl (C=O) groups is 1. The van der Waals surface area contributed by atoms with Crippen molar-refractivity contribution >= 4 is 17.2 Å². The lowest BCUT2D eigenvalue weighted by Gasteiger charge is -2.08. The van der Waals surface area contributed by atoms with Crippen LogP contribution in [0, 0.1) is 13.8 Å². The molecule has 1 N–H and O–H groups in total. The maximum Gasteiger partial charge on any atom is 0.257 e. The average Bonchev–Trinajstić information content (AvgIpc) is 3.15. The van der Waals surface area contributed by atoms with Crippen molar-refractivity contribution in [2.24, 2.45) is 0 Å². The van der Waals surface area contributed by atoms with Gasteiger partial charge in [0.25, 0.3) is 5.91 Å². The Morgan fingerprint density at radius 1 is 1.07 bits per heavy atom. The Balaban J connectivity index is 1.44. The first-order valence-corrected chi connectivity index (χ1v) is 9.98. The number of nitrogens with one attached hydrogen (secondary N) is 1. The Bertz CT molecular complexity index is 915. The summed E-state index contributed by atoms with van der Waals surface area (Å²) in [4.78, 5) is 16.6. The molecule has 1 aromatic heterocycles. The summed E-state index contributed by atoms with van der Waals surface area (Å²) >= 11 is 1.60. The second-order valence-electron chi connectivity index (χ2n) is 6.58. The molecule has 146 valence electrons. The summed E-state index contributed by atoms with van der Waals surface area (Å²) in [7, 11) is 1.65. The molecule has 1 heterocycles. The number of nitrogens with zero attached hydrogens (tertiary/aromatic N) is 1. The molecule has 2 aromatic carbocycles. The van der Waals surface area contributed by atoms with Gasteiger partial charge in [0.15, 0.2) is 6.61 Å². The van der Waals surface area contributed by atoms with Gasteiger partial charge in [0.1, 0.15) is 16.5 Å². The van der Waals surface area contributed by atoms with Crippen LogP contribution in [-0.2, 0) is 11.2 Å². The van der Waals surface area contributed by atoms with E-state index in [9.17, 15) is 4.79 Å². The SMILES string of the molecule is COc1ccc(-c2nc(CCNC(=O)COc3cc(C)cc(C)c3)cs2)cc1. The molecule has 0 spiro atoms. The third-order valence-electron chi connectivity index (χ3n) is 4.16. The van der Waals surface area contributed by atoms with Gasteiger partial charge in [0.05, 0.1) is 12.8 Å². The summed E-state index contributed by atoms with van der Waals surface area (Å²) in [5.41, 5.74) is 4.26. The number of hydrogen-bond acceptors (Lipinski definition) is 5. The van der Waals surface area contributed by atoms with E-state index < -0.39 is 0 Å². The van der Waals surface area contributed by atoms with Crippen molar-refractivity contribution in [1.29, 1.82) is 0 Å². The second-order valence-corrected chi connectivity index (χ2v) is 7.44. The molecule has 5 nitrogen and oxygen atoms in total. The average molecular weight is 397 g/mol. The monoisotopic (exact) mass is 396 g/mol. The molecule has 0 aliphatic heterocycles. The first-order valence-electron chi connectivity index (χ1n) is 9.10. The molecule has 0 saturated heterocycles. The number of rotatable bonds is 8. The van der Waals surface area contributed by atoms with E-state index in [4.69, 9.17) is 9.47 Å². The number of aryl methyl sites for hydroxylation is 2. The number of hydrogen-bond donors (Lipinski definition) is 1. The fourth-order valence-corrected chi connectivity index (χ4v) is 3.69. The first-order chi connectivity index (χ1) is 13.5. The van der Waals surface area contributed by atoms with E-state index in [0.717, 1.165) is 38.9 Å². The van der Waals surface area contributed by atoms with Gasteiger partial charge in [-0.25, -0.2) is 4.98 Å². The molecule has 3 rings (SSSR count). The lowest BCUT2D eigenvalue weighted by molar-refractivity contribution is -0.123. The Kier molecular flexibility index (Phi) is 6.66. The summed E-state index contributed by atoms with van der Waals surface area (Å²) < 4.78 is 10.8. The Morgan fingerprint density at radius 3 is 2.46 bits per heavy atom. The quantitative estimate of drug-likeness (QED) is 0.621. The van der Waals surface area contributed by atoms with Crippen LogP contribution in [0.25, 0.3) is 10.6 Å². The Morgan fingerprint density at radius 2 is 1.79 bits per heavy atom. The topological polar surface area (TPSA) is 60.5 Å². The molecule has 0 atom stereocenters. The predicted octanol–water partition coefficient (Wildman–Crippen LogP) is 4.17. The van der Waals surface area contributed by atoms with Gasteiger partial charge in [-0.3, -0.25) is 4.79 Å². The summed E-state index contributed by atoms with van der Waals surface area (Å²) in [6.45, 7) is 4.56. The van der Waals surface area contributed by atoms with Gasteiger partial charge in [0.2, 0.25) is 0 Å². The molecule has 3 aromatic rings. The highest BCUT2D eigenvalue weighted by molar-refractivity contribution is 7.13. The molecule has 1 amide bonds. The Labute approximate surface area is 169 Å². The largest absolute Gasteiger partial charge is 0.497 e. The van der Waals surface area contributed by atoms with Crippen molar-refractivity contribution in [2.45, 2.75) is 20.3 Å². The summed E-state index contributed by atoms with van der Waals surface area (Å²) in [6.07, 6.45) is 0.682. The molecule has 0 bridgehead atoms. The fourth-order valence-electron chi connectivity index (χ4n) is 2.83. The molecule has 0 aliphatic carbocycles. The summed E-state index contributed by atoms with van der Waals surface area (Å²) in [5, 5.41) is 5.86. The van der Waals surface area contributed by atoms with E-state index in [1.807, 2.05) is 55.6 Å². The van der Waals surface area contributed by atoms with Gasteiger partial charge in [-0.05, 0) is 61.4 Å². The number of ether oxygens (including phenoxy) is 2. The van der Waals surface area contributed by atoms with E-state index in [0.29, 0.717) is 13.0 Å². The van der Waals surface area contributed by atoms with Crippen molar-refractivity contribution in [3.63, 3.8) is 0 Å². The maximum absolute atomic E-state index is 12.0. The van der Waals surface area contributed by atoms with Gasteiger partial charge in [-0.2, -0.15) is 0 Å². The van der Waals surface area contributed by atoms with Crippen molar-refractivity contribution in [1.82, 2.24) is 10.3 Å². The molecular formula is C22H24N2O3S. The number of amides is 1. The number of thiazole rings is 1. The molecule has 0 fully saturated rings. The molecule has 6 heteroatoms. The molecule has 0 saturated carbocycles. The van der Waals surface area contributed by atoms with E-state index in [2.05, 4.69) is 16.4 Å². The van der Waals surface area contributed by atoms with Crippen LogP contribution in [0.4, 0.5) is 0 Å². The van der Waals surface area contributed by atoms with Gasteiger partial charge < -0.3 is 14.8 Å². The van der Waals surface area contributed by atoms with Crippen molar-refractivity contribution in [3.8, 4) is 22.1 Å². The highest BCUT2D eigenvalue weighted by Crippen LogP contribution is 2.25. The highest BCUT2D eigenvalue weighted by Gasteiger charge is 2.07. The van der Waals surface area contributed by atoms with E-state index >= 15 is 0 Å². The zero-order chi connectivity index (χ0) is 19.9. The number of benzene rings is 2. The van der Waals surface area contributed by atoms with Crippen LogP contribution < -0.4 is 14.8 Å². The van der Waals surface area contributed by atoms with Crippen LogP contribution in [0.5, 0.6) is 11.5 Å². The van der Waals surface area contributed by atoms with Gasteiger partial charge in [-0.1, -0.05) is 6.07 Å². The normalized spacial score (nSPS) is 10.5. The van der Waals surface area contributed by atoms with E-state index in [1.165, 1.54) is 0 Å². The van der Waals surface area contributed by atoms with E-state index in [-0.39, 0.29) is 12.5 Å². The molecule has 0 unspecified atom stereocenters. The lowest BCUT2D eigenvalue weighted by atomic mass is 10.1. The first kappa shape index (κ1) is 19.9. The molecule has 28 heavy (non-hydrogen) atoms. The third kappa shape index (κ3) is 5.57.